The van der Waals surface area contributed by atoms with Gasteiger partial charge in [-0.2, -0.15) is 0 Å². The molecule has 1 aromatic rings. The molecule has 1 fully saturated rings. The molecule has 0 saturated carbocycles. The molecule has 0 spiro atoms. The average molecular weight is 282 g/mol. The Morgan fingerprint density at radius 3 is 2.58 bits per heavy atom. The molecule has 5 heteroatoms. The molecule has 0 unspecified atom stereocenters. The fourth-order valence-corrected chi connectivity index (χ4v) is 3.62. The van der Waals surface area contributed by atoms with Gasteiger partial charge in [-0.05, 0) is 18.3 Å². The van der Waals surface area contributed by atoms with Gasteiger partial charge >= 0.3 is 5.97 Å². The smallest absolute Gasteiger partial charge is 0.349 e. The van der Waals surface area contributed by atoms with E-state index in [1.807, 2.05) is 0 Å². The molecule has 1 aliphatic heterocycles. The molecule has 1 aliphatic rings. The van der Waals surface area contributed by atoms with Gasteiger partial charge < -0.3 is 9.64 Å². The zero-order valence-electron chi connectivity index (χ0n) is 11.9. The maximum absolute atomic E-state index is 11.4. The van der Waals surface area contributed by atoms with Gasteiger partial charge in [0.05, 0.1) is 13.3 Å². The van der Waals surface area contributed by atoms with Crippen molar-refractivity contribution < 1.29 is 9.53 Å². The first-order valence-corrected chi connectivity index (χ1v) is 7.75. The number of ether oxygens (including phenoxy) is 1. The van der Waals surface area contributed by atoms with Gasteiger partial charge in [-0.15, -0.1) is 0 Å². The van der Waals surface area contributed by atoms with E-state index in [1.54, 1.807) is 6.20 Å². The third-order valence-electron chi connectivity index (χ3n) is 4.47. The number of carbonyl (C=O) groups is 1. The standard InChI is InChI=1S/C14H22N2O2S/c1-4-14(5-2)6-8-16(9-7-14)13-15-10-11(19-13)12(17)18-3/h10H,4-9H2,1-3H3. The molecule has 19 heavy (non-hydrogen) atoms. The van der Waals surface area contributed by atoms with E-state index in [0.717, 1.165) is 18.2 Å². The van der Waals surface area contributed by atoms with Crippen molar-refractivity contribution in [3.63, 3.8) is 0 Å². The third-order valence-corrected chi connectivity index (χ3v) is 5.51. The number of rotatable bonds is 4. The molecule has 0 aromatic carbocycles. The molecule has 0 aliphatic carbocycles. The summed E-state index contributed by atoms with van der Waals surface area (Å²) in [6, 6.07) is 0. The van der Waals surface area contributed by atoms with Crippen molar-refractivity contribution in [2.24, 2.45) is 5.41 Å². The van der Waals surface area contributed by atoms with E-state index in [2.05, 4.69) is 23.7 Å². The van der Waals surface area contributed by atoms with Crippen LogP contribution in [-0.2, 0) is 4.74 Å². The summed E-state index contributed by atoms with van der Waals surface area (Å²) in [5.74, 6) is -0.294. The Bertz CT molecular complexity index is 430. The minimum Gasteiger partial charge on any atom is -0.465 e. The molecular weight excluding hydrogens is 260 g/mol. The largest absolute Gasteiger partial charge is 0.465 e. The highest BCUT2D eigenvalue weighted by atomic mass is 32.1. The van der Waals surface area contributed by atoms with E-state index in [4.69, 9.17) is 4.74 Å². The Balaban J connectivity index is 2.01. The molecule has 0 bridgehead atoms. The summed E-state index contributed by atoms with van der Waals surface area (Å²) in [7, 11) is 1.40. The average Bonchev–Trinajstić information content (AvgIpc) is 2.96. The van der Waals surface area contributed by atoms with Gasteiger partial charge in [0.25, 0.3) is 0 Å². The van der Waals surface area contributed by atoms with E-state index in [0.29, 0.717) is 10.3 Å². The molecule has 0 atom stereocenters. The van der Waals surface area contributed by atoms with Crippen LogP contribution >= 0.6 is 11.3 Å². The second-order valence-corrected chi connectivity index (χ2v) is 6.20. The van der Waals surface area contributed by atoms with Crippen LogP contribution in [-0.4, -0.2) is 31.2 Å². The summed E-state index contributed by atoms with van der Waals surface area (Å²) in [5, 5.41) is 0.946. The monoisotopic (exact) mass is 282 g/mol. The van der Waals surface area contributed by atoms with Crippen molar-refractivity contribution in [1.82, 2.24) is 4.98 Å². The normalized spacial score (nSPS) is 18.4. The molecule has 0 radical (unpaired) electrons. The van der Waals surface area contributed by atoms with Crippen LogP contribution in [0.2, 0.25) is 0 Å². The Hall–Kier alpha value is -1.10. The number of methoxy groups -OCH3 is 1. The van der Waals surface area contributed by atoms with Crippen LogP contribution in [0.25, 0.3) is 0 Å². The molecule has 2 heterocycles. The lowest BCUT2D eigenvalue weighted by Crippen LogP contribution is -2.39. The zero-order chi connectivity index (χ0) is 13.9. The van der Waals surface area contributed by atoms with E-state index in [1.165, 1.54) is 44.1 Å². The van der Waals surface area contributed by atoms with Crippen molar-refractivity contribution >= 4 is 22.4 Å². The Morgan fingerprint density at radius 2 is 2.05 bits per heavy atom. The number of thiazole rings is 1. The minimum atomic E-state index is -0.294. The molecule has 1 aromatic heterocycles. The summed E-state index contributed by atoms with van der Waals surface area (Å²) >= 11 is 1.43. The van der Waals surface area contributed by atoms with E-state index in [-0.39, 0.29) is 5.97 Å². The van der Waals surface area contributed by atoms with Crippen molar-refractivity contribution in [1.29, 1.82) is 0 Å². The quantitative estimate of drug-likeness (QED) is 0.794. The number of hydrogen-bond donors (Lipinski definition) is 0. The fourth-order valence-electron chi connectivity index (χ4n) is 2.74. The van der Waals surface area contributed by atoms with Crippen molar-refractivity contribution in [2.45, 2.75) is 39.5 Å². The van der Waals surface area contributed by atoms with Crippen molar-refractivity contribution in [3.05, 3.63) is 11.1 Å². The van der Waals surface area contributed by atoms with E-state index < -0.39 is 0 Å². The van der Waals surface area contributed by atoms with Crippen LogP contribution in [0.4, 0.5) is 5.13 Å². The lowest BCUT2D eigenvalue weighted by Gasteiger charge is -2.40. The Morgan fingerprint density at radius 1 is 1.42 bits per heavy atom. The van der Waals surface area contributed by atoms with Gasteiger partial charge in [-0.25, -0.2) is 9.78 Å². The first kappa shape index (κ1) is 14.3. The van der Waals surface area contributed by atoms with Gasteiger partial charge in [0, 0.05) is 13.1 Å². The van der Waals surface area contributed by atoms with Crippen LogP contribution in [0.15, 0.2) is 6.20 Å². The molecular formula is C14H22N2O2S. The molecule has 0 N–H and O–H groups in total. The first-order valence-electron chi connectivity index (χ1n) is 6.93. The number of carbonyl (C=O) groups excluding carboxylic acids is 1. The minimum absolute atomic E-state index is 0.294. The second-order valence-electron chi connectivity index (χ2n) is 5.19. The molecule has 0 amide bonds. The van der Waals surface area contributed by atoms with Gasteiger partial charge in [-0.1, -0.05) is 38.0 Å². The second kappa shape index (κ2) is 5.90. The number of nitrogens with zero attached hydrogens (tertiary/aromatic N) is 2. The van der Waals surface area contributed by atoms with Crippen LogP contribution in [0, 0.1) is 5.41 Å². The number of anilines is 1. The number of piperidine rings is 1. The maximum Gasteiger partial charge on any atom is 0.349 e. The van der Waals surface area contributed by atoms with E-state index in [9.17, 15) is 4.79 Å². The predicted molar refractivity (Wildman–Crippen MR) is 77.9 cm³/mol. The Kier molecular flexibility index (Phi) is 4.45. The summed E-state index contributed by atoms with van der Waals surface area (Å²) in [5.41, 5.74) is 0.513. The maximum atomic E-state index is 11.4. The van der Waals surface area contributed by atoms with Crippen LogP contribution in [0.3, 0.4) is 0 Å². The predicted octanol–water partition coefficient (Wildman–Crippen LogP) is 3.34. The number of esters is 1. The van der Waals surface area contributed by atoms with Gasteiger partial charge in [0.1, 0.15) is 4.88 Å². The van der Waals surface area contributed by atoms with Crippen LogP contribution < -0.4 is 4.90 Å². The lowest BCUT2D eigenvalue weighted by molar-refractivity contribution is 0.0606. The molecule has 1 saturated heterocycles. The highest BCUT2D eigenvalue weighted by Crippen LogP contribution is 2.39. The topological polar surface area (TPSA) is 42.4 Å². The lowest BCUT2D eigenvalue weighted by atomic mass is 9.74. The van der Waals surface area contributed by atoms with Crippen LogP contribution in [0.1, 0.15) is 49.2 Å². The van der Waals surface area contributed by atoms with Crippen molar-refractivity contribution in [2.75, 3.05) is 25.1 Å². The summed E-state index contributed by atoms with van der Waals surface area (Å²) in [6.45, 7) is 6.65. The van der Waals surface area contributed by atoms with Gasteiger partial charge in [-0.3, -0.25) is 0 Å². The summed E-state index contributed by atoms with van der Waals surface area (Å²) in [6.07, 6.45) is 6.55. The third kappa shape index (κ3) is 2.91. The number of hydrogen-bond acceptors (Lipinski definition) is 5. The summed E-state index contributed by atoms with van der Waals surface area (Å²) < 4.78 is 4.72. The zero-order valence-corrected chi connectivity index (χ0v) is 12.8. The SMILES string of the molecule is CCC1(CC)CCN(c2ncc(C(=O)OC)s2)CC1. The summed E-state index contributed by atoms with van der Waals surface area (Å²) in [4.78, 5) is 18.7. The highest BCUT2D eigenvalue weighted by Gasteiger charge is 2.32. The molecule has 4 nitrogen and oxygen atoms in total. The highest BCUT2D eigenvalue weighted by molar-refractivity contribution is 7.17. The molecule has 106 valence electrons. The van der Waals surface area contributed by atoms with Crippen LogP contribution in [0.5, 0.6) is 0 Å². The Labute approximate surface area is 118 Å². The van der Waals surface area contributed by atoms with Gasteiger partial charge in [0.2, 0.25) is 0 Å². The molecule has 2 rings (SSSR count). The first-order chi connectivity index (χ1) is 9.14. The van der Waals surface area contributed by atoms with Gasteiger partial charge in [0.15, 0.2) is 5.13 Å². The number of aromatic nitrogens is 1. The van der Waals surface area contributed by atoms with E-state index >= 15 is 0 Å². The van der Waals surface area contributed by atoms with Crippen molar-refractivity contribution in [3.8, 4) is 0 Å². The fraction of sp³-hybridized carbons (Fsp3) is 0.714.